The second-order valence-corrected chi connectivity index (χ2v) is 6.04. The van der Waals surface area contributed by atoms with Crippen LogP contribution >= 0.6 is 0 Å². The molecule has 1 aliphatic rings. The van der Waals surface area contributed by atoms with E-state index >= 15 is 0 Å². The first-order valence-corrected chi connectivity index (χ1v) is 7.92. The number of aldehydes is 1. The molecule has 2 N–H and O–H groups in total. The van der Waals surface area contributed by atoms with Crippen molar-refractivity contribution in [3.63, 3.8) is 0 Å². The van der Waals surface area contributed by atoms with Crippen LogP contribution in [0.3, 0.4) is 0 Å². The number of cyclic esters (lactones) is 2. The number of esters is 2. The fraction of sp³-hybridized carbons (Fsp3) is 0.150. The molecule has 7 nitrogen and oxygen atoms in total. The Labute approximate surface area is 155 Å². The van der Waals surface area contributed by atoms with Gasteiger partial charge >= 0.3 is 11.9 Å². The van der Waals surface area contributed by atoms with E-state index in [1.165, 1.54) is 44.2 Å². The van der Waals surface area contributed by atoms with E-state index in [0.29, 0.717) is 11.1 Å². The molecule has 0 amide bonds. The number of phenols is 2. The second-order valence-electron chi connectivity index (χ2n) is 6.04. The molecule has 1 saturated heterocycles. The van der Waals surface area contributed by atoms with Crippen molar-refractivity contribution in [3.8, 4) is 11.5 Å². The molecule has 1 fully saturated rings. The Bertz CT molecular complexity index is 840. The van der Waals surface area contributed by atoms with Gasteiger partial charge in [-0.25, -0.2) is 9.59 Å². The lowest BCUT2D eigenvalue weighted by Crippen LogP contribution is -2.41. The van der Waals surface area contributed by atoms with Crippen molar-refractivity contribution >= 4 is 24.3 Å². The Kier molecular flexibility index (Phi) is 5.97. The van der Waals surface area contributed by atoms with Gasteiger partial charge in [0.2, 0.25) is 0 Å². The molecule has 0 saturated carbocycles. The lowest BCUT2D eigenvalue weighted by Gasteiger charge is -2.29. The van der Waals surface area contributed by atoms with Crippen LogP contribution in [-0.4, -0.2) is 34.2 Å². The Balaban J connectivity index is 0.000000244. The van der Waals surface area contributed by atoms with Crippen molar-refractivity contribution in [2.24, 2.45) is 0 Å². The number of phenolic OH excluding ortho intramolecular Hbond substituents is 2. The van der Waals surface area contributed by atoms with E-state index in [-0.39, 0.29) is 17.1 Å². The maximum atomic E-state index is 11.7. The first-order valence-electron chi connectivity index (χ1n) is 7.92. The third-order valence-corrected chi connectivity index (χ3v) is 3.35. The number of carbonyl (C=O) groups is 3. The minimum atomic E-state index is -1.24. The minimum absolute atomic E-state index is 0.104. The van der Waals surface area contributed by atoms with Gasteiger partial charge in [0, 0.05) is 19.4 Å². The van der Waals surface area contributed by atoms with Crippen LogP contribution in [0.5, 0.6) is 11.5 Å². The van der Waals surface area contributed by atoms with Crippen LogP contribution in [0.15, 0.2) is 54.1 Å². The van der Waals surface area contributed by atoms with Crippen molar-refractivity contribution < 1.29 is 34.1 Å². The van der Waals surface area contributed by atoms with Gasteiger partial charge in [0.05, 0.1) is 0 Å². The lowest BCUT2D eigenvalue weighted by molar-refractivity contribution is -0.222. The zero-order valence-corrected chi connectivity index (χ0v) is 14.7. The fourth-order valence-corrected chi connectivity index (χ4v) is 2.07. The molecule has 1 aliphatic heterocycles. The molecular formula is C20H18O7. The van der Waals surface area contributed by atoms with Gasteiger partial charge in [-0.05, 0) is 48.0 Å². The summed E-state index contributed by atoms with van der Waals surface area (Å²) >= 11 is 0. The van der Waals surface area contributed by atoms with E-state index < -0.39 is 17.7 Å². The van der Waals surface area contributed by atoms with Crippen LogP contribution in [0.1, 0.15) is 29.8 Å². The van der Waals surface area contributed by atoms with E-state index in [4.69, 9.17) is 19.7 Å². The number of benzene rings is 2. The fourth-order valence-electron chi connectivity index (χ4n) is 2.07. The van der Waals surface area contributed by atoms with Gasteiger partial charge in [0.15, 0.2) is 0 Å². The van der Waals surface area contributed by atoms with Crippen LogP contribution in [0.25, 0.3) is 6.08 Å². The highest BCUT2D eigenvalue weighted by Gasteiger charge is 2.38. The van der Waals surface area contributed by atoms with Gasteiger partial charge in [0.25, 0.3) is 5.79 Å². The van der Waals surface area contributed by atoms with Crippen LogP contribution in [0, 0.1) is 0 Å². The predicted octanol–water partition coefficient (Wildman–Crippen LogP) is 2.82. The van der Waals surface area contributed by atoms with Crippen LogP contribution in [0.2, 0.25) is 0 Å². The zero-order valence-electron chi connectivity index (χ0n) is 14.7. The quantitative estimate of drug-likeness (QED) is 0.362. The summed E-state index contributed by atoms with van der Waals surface area (Å²) in [6.45, 7) is 2.97. The molecule has 0 aliphatic carbocycles. The van der Waals surface area contributed by atoms with Gasteiger partial charge in [-0.1, -0.05) is 12.1 Å². The van der Waals surface area contributed by atoms with Gasteiger partial charge in [0.1, 0.15) is 23.4 Å². The summed E-state index contributed by atoms with van der Waals surface area (Å²) in [5.74, 6) is -2.39. The highest BCUT2D eigenvalue weighted by atomic mass is 16.7. The molecule has 2 aromatic rings. The predicted molar refractivity (Wildman–Crippen MR) is 95.8 cm³/mol. The molecule has 1 heterocycles. The summed E-state index contributed by atoms with van der Waals surface area (Å²) in [6, 6.07) is 12.1. The molecule has 0 bridgehead atoms. The largest absolute Gasteiger partial charge is 0.508 e. The SMILES string of the molecule is CC1(C)OC(=O)C(=Cc2ccc(O)cc2)C(=O)O1.O=Cc1ccc(O)cc1. The van der Waals surface area contributed by atoms with Crippen LogP contribution < -0.4 is 0 Å². The first kappa shape index (κ1) is 19.7. The molecule has 0 unspecified atom stereocenters. The van der Waals surface area contributed by atoms with Crippen LogP contribution in [-0.2, 0) is 19.1 Å². The summed E-state index contributed by atoms with van der Waals surface area (Å²) < 4.78 is 9.91. The lowest BCUT2D eigenvalue weighted by atomic mass is 10.1. The van der Waals surface area contributed by atoms with Crippen molar-refractivity contribution in [2.75, 3.05) is 0 Å². The highest BCUT2D eigenvalue weighted by molar-refractivity contribution is 6.18. The molecule has 140 valence electrons. The van der Waals surface area contributed by atoms with E-state index in [1.54, 1.807) is 24.3 Å². The number of rotatable bonds is 2. The van der Waals surface area contributed by atoms with Crippen molar-refractivity contribution in [1.29, 1.82) is 0 Å². The molecule has 0 spiro atoms. The van der Waals surface area contributed by atoms with Crippen molar-refractivity contribution in [1.82, 2.24) is 0 Å². The molecule has 0 radical (unpaired) electrons. The zero-order chi connectivity index (χ0) is 20.0. The van der Waals surface area contributed by atoms with Crippen molar-refractivity contribution in [3.05, 3.63) is 65.2 Å². The maximum Gasteiger partial charge on any atom is 0.348 e. The van der Waals surface area contributed by atoms with Gasteiger partial charge in [-0.3, -0.25) is 4.79 Å². The third kappa shape index (κ3) is 5.71. The summed E-state index contributed by atoms with van der Waals surface area (Å²) in [5.41, 5.74) is 1.00. The average Bonchev–Trinajstić information content (AvgIpc) is 2.60. The number of hydrogen-bond donors (Lipinski definition) is 2. The summed E-state index contributed by atoms with van der Waals surface area (Å²) in [6.07, 6.45) is 2.10. The third-order valence-electron chi connectivity index (χ3n) is 3.35. The Morgan fingerprint density at radius 3 is 1.59 bits per heavy atom. The van der Waals surface area contributed by atoms with E-state index in [1.807, 2.05) is 0 Å². The van der Waals surface area contributed by atoms with Gasteiger partial charge in [-0.15, -0.1) is 0 Å². The maximum absolute atomic E-state index is 11.7. The van der Waals surface area contributed by atoms with E-state index in [0.717, 1.165) is 6.29 Å². The highest BCUT2D eigenvalue weighted by Crippen LogP contribution is 2.24. The molecule has 27 heavy (non-hydrogen) atoms. The minimum Gasteiger partial charge on any atom is -0.508 e. The second kappa shape index (κ2) is 8.18. The smallest absolute Gasteiger partial charge is 0.348 e. The molecule has 7 heteroatoms. The first-order chi connectivity index (χ1) is 12.7. The van der Waals surface area contributed by atoms with Crippen molar-refractivity contribution in [2.45, 2.75) is 19.6 Å². The Morgan fingerprint density at radius 2 is 1.19 bits per heavy atom. The van der Waals surface area contributed by atoms with Gasteiger partial charge in [-0.2, -0.15) is 0 Å². The topological polar surface area (TPSA) is 110 Å². The number of carbonyl (C=O) groups excluding carboxylic acids is 3. The number of aromatic hydroxyl groups is 2. The number of ether oxygens (including phenoxy) is 2. The summed E-state index contributed by atoms with van der Waals surface area (Å²) in [5, 5.41) is 17.9. The summed E-state index contributed by atoms with van der Waals surface area (Å²) in [7, 11) is 0. The standard InChI is InChI=1S/C13H12O5.C7H6O2/c1-13(2)17-11(15)10(12(16)18-13)7-8-3-5-9(14)6-4-8;8-5-6-1-3-7(9)4-2-6/h3-7,14H,1-2H3;1-5,9H. The average molecular weight is 370 g/mol. The van der Waals surface area contributed by atoms with Gasteiger partial charge < -0.3 is 19.7 Å². The molecule has 2 aromatic carbocycles. The Morgan fingerprint density at radius 1 is 0.778 bits per heavy atom. The Hall–Kier alpha value is -3.61. The molecule has 0 atom stereocenters. The van der Waals surface area contributed by atoms with Crippen LogP contribution in [0.4, 0.5) is 0 Å². The summed E-state index contributed by atoms with van der Waals surface area (Å²) in [4.78, 5) is 33.3. The normalized spacial score (nSPS) is 15.0. The monoisotopic (exact) mass is 370 g/mol. The molecule has 0 aromatic heterocycles. The molecular weight excluding hydrogens is 352 g/mol. The number of hydrogen-bond acceptors (Lipinski definition) is 7. The van der Waals surface area contributed by atoms with E-state index in [9.17, 15) is 14.4 Å². The van der Waals surface area contributed by atoms with E-state index in [2.05, 4.69) is 0 Å². The molecule has 3 rings (SSSR count).